The van der Waals surface area contributed by atoms with E-state index < -0.39 is 23.9 Å². The maximum atomic E-state index is 13.9. The van der Waals surface area contributed by atoms with Crippen molar-refractivity contribution < 1.29 is 23.1 Å². The molecule has 0 aliphatic carbocycles. The monoisotopic (exact) mass is 666 g/mol. The van der Waals surface area contributed by atoms with E-state index in [1.54, 1.807) is 13.8 Å². The van der Waals surface area contributed by atoms with Gasteiger partial charge in [-0.1, -0.05) is 41.4 Å². The van der Waals surface area contributed by atoms with E-state index in [9.17, 15) is 23.1 Å². The lowest BCUT2D eigenvalue weighted by Gasteiger charge is -2.32. The predicted molar refractivity (Wildman–Crippen MR) is 179 cm³/mol. The van der Waals surface area contributed by atoms with Gasteiger partial charge in [-0.15, -0.1) is 0 Å². The number of halogens is 4. The van der Waals surface area contributed by atoms with E-state index in [4.69, 9.17) is 11.6 Å². The van der Waals surface area contributed by atoms with Crippen molar-refractivity contribution in [2.45, 2.75) is 39.4 Å². The Kier molecular flexibility index (Phi) is 10.4. The summed E-state index contributed by atoms with van der Waals surface area (Å²) < 4.78 is 41.6. The van der Waals surface area contributed by atoms with Crippen LogP contribution in [0.1, 0.15) is 45.0 Å². The highest BCUT2D eigenvalue weighted by molar-refractivity contribution is 6.31. The van der Waals surface area contributed by atoms with Crippen molar-refractivity contribution in [3.63, 3.8) is 0 Å². The quantitative estimate of drug-likeness (QED) is 0.188. The van der Waals surface area contributed by atoms with Crippen LogP contribution in [-0.2, 0) is 12.6 Å². The van der Waals surface area contributed by atoms with Gasteiger partial charge in [0, 0.05) is 49.6 Å². The van der Waals surface area contributed by atoms with Crippen LogP contribution >= 0.6 is 11.6 Å². The molecule has 1 aromatic heterocycles. The minimum atomic E-state index is -4.67. The molecule has 1 amide bonds. The number of carboxylic acid groups (broad SMARTS) is 1. The number of aryl methyl sites for hydroxylation is 3. The molecule has 0 spiro atoms. The first-order valence-electron chi connectivity index (χ1n) is 15.4. The van der Waals surface area contributed by atoms with Crippen LogP contribution in [0, 0.1) is 20.8 Å². The fourth-order valence-corrected chi connectivity index (χ4v) is 6.32. The normalized spacial score (nSPS) is 15.0. The first-order valence-corrected chi connectivity index (χ1v) is 15.7. The highest BCUT2D eigenvalue weighted by atomic mass is 35.5. The summed E-state index contributed by atoms with van der Waals surface area (Å²) in [6, 6.07) is 14.7. The third-order valence-corrected chi connectivity index (χ3v) is 8.85. The molecule has 2 N–H and O–H groups in total. The number of nitrogens with zero attached hydrogens (tertiary/aromatic N) is 5. The number of aromatic nitrogens is 2. The number of likely N-dealkylation sites (N-methyl/N-ethyl adjacent to an activating group) is 1. The molecule has 4 aromatic rings. The van der Waals surface area contributed by atoms with Crippen molar-refractivity contribution in [3.05, 3.63) is 111 Å². The Hall–Kier alpha value is -4.19. The number of nitrogens with one attached hydrogen (secondary N) is 1. The number of hydrogen-bond acceptors (Lipinski definition) is 6. The second-order valence-corrected chi connectivity index (χ2v) is 12.5. The van der Waals surface area contributed by atoms with Gasteiger partial charge in [-0.05, 0) is 98.5 Å². The van der Waals surface area contributed by atoms with Crippen molar-refractivity contribution in [1.82, 2.24) is 19.8 Å². The largest absolute Gasteiger partial charge is 0.465 e. The van der Waals surface area contributed by atoms with Crippen LogP contribution in [-0.4, -0.2) is 70.7 Å². The van der Waals surface area contributed by atoms with Crippen LogP contribution in [0.25, 0.3) is 0 Å². The van der Waals surface area contributed by atoms with Gasteiger partial charge in [-0.2, -0.15) is 18.2 Å². The molecule has 1 atom stereocenters. The van der Waals surface area contributed by atoms with Crippen LogP contribution in [0.15, 0.2) is 66.9 Å². The van der Waals surface area contributed by atoms with Gasteiger partial charge in [0.1, 0.15) is 5.82 Å². The molecule has 0 radical (unpaired) electrons. The molecule has 3 aromatic carbocycles. The summed E-state index contributed by atoms with van der Waals surface area (Å²) in [4.78, 5) is 27.6. The topological polar surface area (TPSA) is 84.8 Å². The number of anilines is 3. The fourth-order valence-electron chi connectivity index (χ4n) is 6.10. The zero-order valence-corrected chi connectivity index (χ0v) is 27.5. The van der Waals surface area contributed by atoms with Crippen LogP contribution in [0.5, 0.6) is 0 Å². The van der Waals surface area contributed by atoms with Gasteiger partial charge in [0.15, 0.2) is 0 Å². The van der Waals surface area contributed by atoms with Crippen LogP contribution in [0.4, 0.5) is 35.4 Å². The van der Waals surface area contributed by atoms with Gasteiger partial charge in [0.2, 0.25) is 5.95 Å². The average Bonchev–Trinajstić information content (AvgIpc) is 3.00. The average molecular weight is 667 g/mol. The van der Waals surface area contributed by atoms with Crippen molar-refractivity contribution in [1.29, 1.82) is 0 Å². The molecule has 1 aliphatic rings. The third kappa shape index (κ3) is 8.22. The smallest absolute Gasteiger partial charge is 0.416 e. The molecule has 1 aliphatic heterocycles. The molecule has 0 bridgehead atoms. The molecule has 0 saturated carbocycles. The Labute approximate surface area is 277 Å². The van der Waals surface area contributed by atoms with E-state index in [2.05, 4.69) is 32.1 Å². The molecular formula is C35H38ClF3N6O2. The van der Waals surface area contributed by atoms with Crippen LogP contribution in [0.2, 0.25) is 5.02 Å². The molecule has 12 heteroatoms. The summed E-state index contributed by atoms with van der Waals surface area (Å²) in [5, 5.41) is 13.7. The molecule has 47 heavy (non-hydrogen) atoms. The Bertz CT molecular complexity index is 1700. The van der Waals surface area contributed by atoms with Crippen molar-refractivity contribution in [2.75, 3.05) is 50.0 Å². The maximum absolute atomic E-state index is 13.9. The first kappa shape index (κ1) is 34.2. The predicted octanol–water partition coefficient (Wildman–Crippen LogP) is 7.88. The minimum Gasteiger partial charge on any atom is -0.465 e. The van der Waals surface area contributed by atoms with Crippen LogP contribution in [0.3, 0.4) is 0 Å². The molecule has 1 unspecified atom stereocenters. The molecule has 1 fully saturated rings. The number of alkyl halides is 3. The number of benzene rings is 3. The Morgan fingerprint density at radius 1 is 1.00 bits per heavy atom. The lowest BCUT2D eigenvalue weighted by Crippen LogP contribution is -2.45. The highest BCUT2D eigenvalue weighted by Gasteiger charge is 2.36. The number of rotatable bonds is 9. The standard InChI is InChI=1S/C35H38ClF3N6O2/c1-22-19-23(2)31(24(3)20-22)32(28-21-26(35(37,38)39)7-10-29(28)36)45(34(46)47)30-11-13-40-33(42-30)41-27-8-5-25(6-9-27)12-14-44-17-15-43(4)16-18-44/h5-11,13,19-21,32H,12,14-18H2,1-4H3,(H,46,47)(H,40,41,42). The number of piperazine rings is 1. The van der Waals surface area contributed by atoms with Crippen molar-refractivity contribution in [3.8, 4) is 0 Å². The van der Waals surface area contributed by atoms with E-state index in [0.29, 0.717) is 22.4 Å². The number of hydrogen-bond donors (Lipinski definition) is 2. The van der Waals surface area contributed by atoms with Gasteiger partial charge in [-0.25, -0.2) is 14.7 Å². The lowest BCUT2D eigenvalue weighted by atomic mass is 9.88. The molecule has 248 valence electrons. The molecule has 2 heterocycles. The van der Waals surface area contributed by atoms with E-state index in [0.717, 1.165) is 67.8 Å². The summed E-state index contributed by atoms with van der Waals surface area (Å²) in [6.45, 7) is 10.7. The molecule has 1 saturated heterocycles. The summed E-state index contributed by atoms with van der Waals surface area (Å²) in [7, 11) is 2.14. The van der Waals surface area contributed by atoms with Crippen molar-refractivity contribution >= 4 is 35.1 Å². The molecule has 8 nitrogen and oxygen atoms in total. The summed E-state index contributed by atoms with van der Waals surface area (Å²) in [6.07, 6.45) is -3.76. The molecular weight excluding hydrogens is 629 g/mol. The molecule has 5 rings (SSSR count). The van der Waals surface area contributed by atoms with E-state index in [1.807, 2.05) is 43.3 Å². The van der Waals surface area contributed by atoms with Gasteiger partial charge in [-0.3, -0.25) is 0 Å². The Morgan fingerprint density at radius 2 is 1.66 bits per heavy atom. The highest BCUT2D eigenvalue weighted by Crippen LogP contribution is 2.42. The fraction of sp³-hybridized carbons (Fsp3) is 0.343. The SMILES string of the molecule is Cc1cc(C)c(C(c2cc(C(F)(F)F)ccc2Cl)N(C(=O)O)c2ccnc(Nc3ccc(CCN4CCN(C)CC4)cc3)n2)c(C)c1. The first-order chi connectivity index (χ1) is 22.3. The summed E-state index contributed by atoms with van der Waals surface area (Å²) in [5.41, 5.74) is 3.78. The van der Waals surface area contributed by atoms with E-state index >= 15 is 0 Å². The van der Waals surface area contributed by atoms with E-state index in [-0.39, 0.29) is 22.4 Å². The van der Waals surface area contributed by atoms with Crippen LogP contribution < -0.4 is 10.2 Å². The zero-order valence-electron chi connectivity index (χ0n) is 26.8. The Balaban J connectivity index is 1.47. The van der Waals surface area contributed by atoms with Gasteiger partial charge < -0.3 is 20.2 Å². The zero-order chi connectivity index (χ0) is 33.9. The third-order valence-electron chi connectivity index (χ3n) is 8.50. The summed E-state index contributed by atoms with van der Waals surface area (Å²) >= 11 is 6.55. The van der Waals surface area contributed by atoms with E-state index in [1.165, 1.54) is 17.8 Å². The Morgan fingerprint density at radius 3 is 2.28 bits per heavy atom. The number of carbonyl (C=O) groups is 1. The lowest BCUT2D eigenvalue weighted by molar-refractivity contribution is -0.137. The summed E-state index contributed by atoms with van der Waals surface area (Å²) in [5.74, 6) is 0.0989. The minimum absolute atomic E-state index is 0.00579. The maximum Gasteiger partial charge on any atom is 0.416 e. The van der Waals surface area contributed by atoms with Gasteiger partial charge in [0.05, 0.1) is 11.6 Å². The number of amides is 1. The van der Waals surface area contributed by atoms with Gasteiger partial charge in [0.25, 0.3) is 0 Å². The second-order valence-electron chi connectivity index (χ2n) is 12.1. The second kappa shape index (κ2) is 14.3. The van der Waals surface area contributed by atoms with Gasteiger partial charge >= 0.3 is 12.3 Å². The van der Waals surface area contributed by atoms with Crippen molar-refractivity contribution in [2.24, 2.45) is 0 Å².